The Morgan fingerprint density at radius 1 is 1.06 bits per heavy atom. The van der Waals surface area contributed by atoms with E-state index >= 15 is 0 Å². The molecule has 3 aliphatic carbocycles. The van der Waals surface area contributed by atoms with Gasteiger partial charge in [-0.15, -0.1) is 0 Å². The van der Waals surface area contributed by atoms with Gasteiger partial charge in [-0.2, -0.15) is 18.3 Å². The van der Waals surface area contributed by atoms with E-state index in [9.17, 15) is 18.0 Å². The summed E-state index contributed by atoms with van der Waals surface area (Å²) in [6.07, 6.45) is 5.40. The van der Waals surface area contributed by atoms with Crippen LogP contribution in [0.2, 0.25) is 0 Å². The Hall–Kier alpha value is -2.59. The van der Waals surface area contributed by atoms with Crippen LogP contribution < -0.4 is 0 Å². The lowest BCUT2D eigenvalue weighted by atomic mass is 9.57. The summed E-state index contributed by atoms with van der Waals surface area (Å²) in [5.74, 6) is 2.30. The average Bonchev–Trinajstić information content (AvgIpc) is 3.19. The van der Waals surface area contributed by atoms with E-state index in [2.05, 4.69) is 20.1 Å². The van der Waals surface area contributed by atoms with Crippen molar-refractivity contribution >= 4 is 6.03 Å². The molecule has 2 aliphatic heterocycles. The maximum atomic E-state index is 12.9. The Morgan fingerprint density at radius 3 is 2.29 bits per heavy atom. The van der Waals surface area contributed by atoms with Gasteiger partial charge in [0.25, 0.3) is 0 Å². The summed E-state index contributed by atoms with van der Waals surface area (Å²) in [6.45, 7) is 3.20. The van der Waals surface area contributed by atoms with Crippen LogP contribution in [0.15, 0.2) is 12.5 Å². The molecular weight excluding hydrogens is 447 g/mol. The first-order valence-electron chi connectivity index (χ1n) is 12.3. The van der Waals surface area contributed by atoms with Crippen molar-refractivity contribution in [3.05, 3.63) is 29.9 Å². The molecular formula is C23H28F3N7O. The Bertz CT molecular complexity index is 1110. The number of rotatable bonds is 4. The fourth-order valence-electron chi connectivity index (χ4n) is 6.83. The SMILES string of the molecule is O=C(N1CC2(CC(Cc3nc(C(F)(F)F)c[nH]3)C2)C1)N1CC2(CC(n3cnc(C4CC4)n3)C2)C1. The van der Waals surface area contributed by atoms with E-state index < -0.39 is 11.9 Å². The number of carbonyl (C=O) groups is 1. The first-order valence-corrected chi connectivity index (χ1v) is 12.3. The van der Waals surface area contributed by atoms with E-state index in [0.717, 1.165) is 63.9 Å². The molecule has 1 N–H and O–H groups in total. The number of imidazole rings is 1. The molecule has 0 bridgehead atoms. The van der Waals surface area contributed by atoms with Crippen LogP contribution in [0.1, 0.15) is 67.8 Å². The maximum absolute atomic E-state index is 12.9. The van der Waals surface area contributed by atoms with Crippen molar-refractivity contribution in [2.75, 3.05) is 26.2 Å². The normalized spacial score (nSPS) is 25.7. The third-order valence-corrected chi connectivity index (χ3v) is 8.67. The highest BCUT2D eigenvalue weighted by Crippen LogP contribution is 2.56. The van der Waals surface area contributed by atoms with E-state index in [1.807, 2.05) is 20.8 Å². The zero-order chi connectivity index (χ0) is 23.3. The summed E-state index contributed by atoms with van der Waals surface area (Å²) >= 11 is 0. The Balaban J connectivity index is 0.844. The molecule has 5 fully saturated rings. The highest BCUT2D eigenvalue weighted by molar-refractivity contribution is 5.77. The van der Waals surface area contributed by atoms with Crippen LogP contribution in [0.4, 0.5) is 18.0 Å². The highest BCUT2D eigenvalue weighted by Gasteiger charge is 2.58. The molecule has 11 heteroatoms. The third-order valence-electron chi connectivity index (χ3n) is 8.67. The second-order valence-electron chi connectivity index (χ2n) is 11.6. The van der Waals surface area contributed by atoms with E-state index in [4.69, 9.17) is 0 Å². The van der Waals surface area contributed by atoms with Gasteiger partial charge in [-0.1, -0.05) is 0 Å². The number of amides is 2. The zero-order valence-electron chi connectivity index (χ0n) is 18.9. The second-order valence-corrected chi connectivity index (χ2v) is 11.6. The number of halogens is 3. The lowest BCUT2D eigenvalue weighted by Crippen LogP contribution is -2.71. The number of carbonyl (C=O) groups excluding carboxylic acids is 1. The number of nitrogens with zero attached hydrogens (tertiary/aromatic N) is 6. The van der Waals surface area contributed by atoms with Gasteiger partial charge in [0.1, 0.15) is 12.2 Å². The summed E-state index contributed by atoms with van der Waals surface area (Å²) in [5.41, 5.74) is -0.434. The number of nitrogens with one attached hydrogen (secondary N) is 1. The topological polar surface area (TPSA) is 82.9 Å². The van der Waals surface area contributed by atoms with E-state index in [1.165, 1.54) is 12.8 Å². The van der Waals surface area contributed by atoms with Crippen molar-refractivity contribution in [3.8, 4) is 0 Å². The summed E-state index contributed by atoms with van der Waals surface area (Å²) in [7, 11) is 0. The Labute approximate surface area is 194 Å². The van der Waals surface area contributed by atoms with Crippen LogP contribution in [0.3, 0.4) is 0 Å². The molecule has 0 atom stereocenters. The first kappa shape index (κ1) is 20.8. The zero-order valence-corrected chi connectivity index (χ0v) is 18.9. The second kappa shape index (κ2) is 6.75. The number of urea groups is 1. The van der Waals surface area contributed by atoms with E-state index in [-0.39, 0.29) is 16.9 Å². The lowest BCUT2D eigenvalue weighted by Gasteiger charge is -2.63. The van der Waals surface area contributed by atoms with Gasteiger partial charge < -0.3 is 14.8 Å². The number of alkyl halides is 3. The van der Waals surface area contributed by atoms with Crippen molar-refractivity contribution in [1.29, 1.82) is 0 Å². The standard InChI is InChI=1S/C23H28F3N7O/c24-23(25,26)17-8-27-18(29-17)3-14-4-21(5-14)9-31(10-21)20(34)32-11-22(12-32)6-16(7-22)33-13-28-19(30-33)15-1-2-15/h8,13-16H,1-7,9-12H2,(H,27,29). The van der Waals surface area contributed by atoms with Crippen molar-refractivity contribution in [2.45, 2.75) is 63.1 Å². The number of likely N-dealkylation sites (tertiary alicyclic amines) is 2. The summed E-state index contributed by atoms with van der Waals surface area (Å²) in [4.78, 5) is 27.6. The molecule has 3 saturated carbocycles. The number of aromatic amines is 1. The number of hydrogen-bond donors (Lipinski definition) is 1. The molecule has 182 valence electrons. The average molecular weight is 476 g/mol. The lowest BCUT2D eigenvalue weighted by molar-refractivity contribution is -0.141. The number of hydrogen-bond acceptors (Lipinski definition) is 4. The predicted molar refractivity (Wildman–Crippen MR) is 114 cm³/mol. The van der Waals surface area contributed by atoms with E-state index in [1.54, 1.807) is 0 Å². The quantitative estimate of drug-likeness (QED) is 0.733. The minimum Gasteiger partial charge on any atom is -0.348 e. The van der Waals surface area contributed by atoms with Crippen LogP contribution in [0.5, 0.6) is 0 Å². The fraction of sp³-hybridized carbons (Fsp3) is 0.739. The van der Waals surface area contributed by atoms with Gasteiger partial charge in [0, 0.05) is 55.5 Å². The summed E-state index contributed by atoms with van der Waals surface area (Å²) in [5, 5.41) is 4.66. The van der Waals surface area contributed by atoms with Crippen molar-refractivity contribution in [1.82, 2.24) is 34.5 Å². The van der Waals surface area contributed by atoms with Crippen LogP contribution in [-0.2, 0) is 12.6 Å². The van der Waals surface area contributed by atoms with Gasteiger partial charge in [-0.3, -0.25) is 0 Å². The summed E-state index contributed by atoms with van der Waals surface area (Å²) < 4.78 is 40.2. The van der Waals surface area contributed by atoms with Gasteiger partial charge in [0.05, 0.1) is 6.04 Å². The molecule has 2 aromatic rings. The highest BCUT2D eigenvalue weighted by atomic mass is 19.4. The van der Waals surface area contributed by atoms with Gasteiger partial charge in [0.2, 0.25) is 0 Å². The van der Waals surface area contributed by atoms with Gasteiger partial charge in [-0.25, -0.2) is 19.4 Å². The molecule has 0 unspecified atom stereocenters. The largest absolute Gasteiger partial charge is 0.434 e. The monoisotopic (exact) mass is 475 g/mol. The van der Waals surface area contributed by atoms with Crippen LogP contribution >= 0.6 is 0 Å². The third kappa shape index (κ3) is 3.33. The Kier molecular flexibility index (Phi) is 4.12. The molecule has 2 saturated heterocycles. The molecule has 4 heterocycles. The van der Waals surface area contributed by atoms with Gasteiger partial charge in [-0.05, 0) is 44.4 Å². The van der Waals surface area contributed by atoms with Crippen LogP contribution in [-0.4, -0.2) is 66.7 Å². The molecule has 5 aliphatic rings. The van der Waals surface area contributed by atoms with E-state index in [0.29, 0.717) is 30.1 Å². The minimum absolute atomic E-state index is 0.140. The van der Waals surface area contributed by atoms with Crippen molar-refractivity contribution < 1.29 is 18.0 Å². The molecule has 8 nitrogen and oxygen atoms in total. The van der Waals surface area contributed by atoms with Crippen molar-refractivity contribution in [3.63, 3.8) is 0 Å². The molecule has 2 aromatic heterocycles. The van der Waals surface area contributed by atoms with Crippen molar-refractivity contribution in [2.24, 2.45) is 16.7 Å². The molecule has 0 aromatic carbocycles. The molecule has 7 rings (SSSR count). The fourth-order valence-corrected chi connectivity index (χ4v) is 6.83. The molecule has 2 amide bonds. The predicted octanol–water partition coefficient (Wildman–Crippen LogP) is 3.61. The van der Waals surface area contributed by atoms with Crippen LogP contribution in [0.25, 0.3) is 0 Å². The smallest absolute Gasteiger partial charge is 0.348 e. The number of aromatic nitrogens is 5. The molecule has 0 radical (unpaired) electrons. The minimum atomic E-state index is -4.41. The van der Waals surface area contributed by atoms with Gasteiger partial charge in [0.15, 0.2) is 11.5 Å². The number of H-pyrrole nitrogens is 1. The maximum Gasteiger partial charge on any atom is 0.434 e. The molecule has 34 heavy (non-hydrogen) atoms. The first-order chi connectivity index (χ1) is 16.2. The molecule has 2 spiro atoms. The van der Waals surface area contributed by atoms with Crippen LogP contribution in [0, 0.1) is 16.7 Å². The summed E-state index contributed by atoms with van der Waals surface area (Å²) in [6, 6.07) is 0.554. The Morgan fingerprint density at radius 2 is 1.71 bits per heavy atom. The van der Waals surface area contributed by atoms with Gasteiger partial charge >= 0.3 is 12.2 Å².